The summed E-state index contributed by atoms with van der Waals surface area (Å²) < 4.78 is 10.5. The Kier molecular flexibility index (Phi) is 4.74. The summed E-state index contributed by atoms with van der Waals surface area (Å²) >= 11 is 6.26. The second-order valence-electron chi connectivity index (χ2n) is 6.06. The third kappa shape index (κ3) is 3.32. The van der Waals surface area contributed by atoms with Crippen molar-refractivity contribution in [2.24, 2.45) is 0 Å². The lowest BCUT2D eigenvalue weighted by Crippen LogP contribution is -2.15. The Bertz CT molecular complexity index is 1290. The van der Waals surface area contributed by atoms with Crippen molar-refractivity contribution in [1.29, 1.82) is 0 Å². The van der Waals surface area contributed by atoms with Crippen molar-refractivity contribution in [3.05, 3.63) is 70.7 Å². The lowest BCUT2D eigenvalue weighted by Gasteiger charge is -2.12. The highest BCUT2D eigenvalue weighted by atomic mass is 35.5. The summed E-state index contributed by atoms with van der Waals surface area (Å²) in [7, 11) is 1.38. The van der Waals surface area contributed by atoms with E-state index in [1.54, 1.807) is 48.5 Å². The van der Waals surface area contributed by atoms with Gasteiger partial charge in [0.1, 0.15) is 11.1 Å². The Hall–Kier alpha value is -3.71. The van der Waals surface area contributed by atoms with E-state index in [1.165, 1.54) is 7.11 Å². The number of rotatable bonds is 4. The van der Waals surface area contributed by atoms with Gasteiger partial charge in [-0.3, -0.25) is 0 Å². The van der Waals surface area contributed by atoms with Gasteiger partial charge >= 0.3 is 11.9 Å². The normalized spacial score (nSPS) is 10.8. The third-order valence-corrected chi connectivity index (χ3v) is 4.69. The molecule has 2 aromatic heterocycles. The lowest BCUT2D eigenvalue weighted by molar-refractivity contribution is 0.0677. The molecule has 1 N–H and O–H groups in total. The van der Waals surface area contributed by atoms with Gasteiger partial charge in [-0.15, -0.1) is 0 Å². The molecule has 4 rings (SSSR count). The van der Waals surface area contributed by atoms with Gasteiger partial charge in [0.05, 0.1) is 23.2 Å². The highest BCUT2D eigenvalue weighted by molar-refractivity contribution is 6.38. The molecule has 0 saturated heterocycles. The molecule has 8 heteroatoms. The summed E-state index contributed by atoms with van der Waals surface area (Å²) in [6.45, 7) is 0. The van der Waals surface area contributed by atoms with Crippen LogP contribution in [-0.4, -0.2) is 34.1 Å². The molecule has 0 aliphatic carbocycles. The molecule has 0 unspecified atom stereocenters. The van der Waals surface area contributed by atoms with Gasteiger partial charge in [0, 0.05) is 10.8 Å². The van der Waals surface area contributed by atoms with Gasteiger partial charge in [0.15, 0.2) is 0 Å². The maximum absolute atomic E-state index is 12.8. The smallest absolute Gasteiger partial charge is 0.350 e. The number of hydrogen-bond donors (Lipinski definition) is 1. The lowest BCUT2D eigenvalue weighted by atomic mass is 10.1. The maximum atomic E-state index is 12.8. The van der Waals surface area contributed by atoms with Gasteiger partial charge in [-0.1, -0.05) is 48.0 Å². The molecule has 0 amide bonds. The van der Waals surface area contributed by atoms with Crippen molar-refractivity contribution in [3.63, 3.8) is 0 Å². The predicted molar refractivity (Wildman–Crippen MR) is 107 cm³/mol. The van der Waals surface area contributed by atoms with Crippen LogP contribution in [0, 0.1) is 0 Å². The van der Waals surface area contributed by atoms with E-state index >= 15 is 0 Å². The first-order valence-corrected chi connectivity index (χ1v) is 8.85. The third-order valence-electron chi connectivity index (χ3n) is 4.30. The number of carboxylic acids is 1. The molecule has 0 atom stereocenters. The van der Waals surface area contributed by atoms with E-state index in [1.807, 2.05) is 6.07 Å². The van der Waals surface area contributed by atoms with Gasteiger partial charge in [-0.05, 0) is 18.2 Å². The number of fused-ring (bicyclic) bond motifs is 2. The zero-order chi connectivity index (χ0) is 20.5. The number of esters is 1. The zero-order valence-electron chi connectivity index (χ0n) is 15.0. The predicted octanol–water partition coefficient (Wildman–Crippen LogP) is 4.36. The van der Waals surface area contributed by atoms with Crippen LogP contribution in [0.5, 0.6) is 11.8 Å². The van der Waals surface area contributed by atoms with E-state index in [4.69, 9.17) is 21.1 Å². The van der Waals surface area contributed by atoms with Crippen LogP contribution in [0.4, 0.5) is 0 Å². The van der Waals surface area contributed by atoms with Crippen LogP contribution in [0.25, 0.3) is 21.8 Å². The molecule has 0 spiro atoms. The van der Waals surface area contributed by atoms with E-state index < -0.39 is 23.4 Å². The number of nitrogens with zero attached hydrogens (tertiary/aromatic N) is 2. The molecule has 2 heterocycles. The van der Waals surface area contributed by atoms with Gasteiger partial charge in [0.2, 0.25) is 11.8 Å². The van der Waals surface area contributed by atoms with E-state index in [0.717, 1.165) is 0 Å². The van der Waals surface area contributed by atoms with Gasteiger partial charge < -0.3 is 14.6 Å². The minimum Gasteiger partial charge on any atom is -0.480 e. The first-order valence-electron chi connectivity index (χ1n) is 8.47. The Morgan fingerprint density at radius 3 is 2.34 bits per heavy atom. The number of ether oxygens (including phenoxy) is 2. The average Bonchev–Trinajstić information content (AvgIpc) is 2.72. The number of carboxylic acid groups (broad SMARTS) is 1. The van der Waals surface area contributed by atoms with Crippen molar-refractivity contribution in [2.45, 2.75) is 0 Å². The van der Waals surface area contributed by atoms with E-state index in [-0.39, 0.29) is 16.5 Å². The fraction of sp³-hybridized carbons (Fsp3) is 0.0476. The van der Waals surface area contributed by atoms with E-state index in [0.29, 0.717) is 21.8 Å². The van der Waals surface area contributed by atoms with Crippen molar-refractivity contribution >= 4 is 45.3 Å². The number of halogens is 1. The fourth-order valence-corrected chi connectivity index (χ4v) is 3.27. The first-order chi connectivity index (χ1) is 14.0. The molecular weight excluding hydrogens is 396 g/mol. The molecule has 4 aromatic rings. The number of aromatic nitrogens is 2. The van der Waals surface area contributed by atoms with Crippen LogP contribution in [0.15, 0.2) is 54.6 Å². The minimum absolute atomic E-state index is 0.0358. The molecule has 0 fully saturated rings. The second kappa shape index (κ2) is 7.37. The number of benzene rings is 2. The number of para-hydroxylation sites is 2. The summed E-state index contributed by atoms with van der Waals surface area (Å²) in [5.41, 5.74) is 0.674. The highest BCUT2D eigenvalue weighted by Crippen LogP contribution is 2.33. The number of carbonyl (C=O) groups is 2. The number of methoxy groups -OCH3 is 1. The molecule has 0 radical (unpaired) electrons. The molecule has 2 aromatic carbocycles. The van der Waals surface area contributed by atoms with E-state index in [9.17, 15) is 14.7 Å². The molecule has 29 heavy (non-hydrogen) atoms. The average molecular weight is 409 g/mol. The molecule has 0 aliphatic heterocycles. The maximum Gasteiger partial charge on any atom is 0.350 e. The Labute approximate surface area is 169 Å². The highest BCUT2D eigenvalue weighted by Gasteiger charge is 2.25. The van der Waals surface area contributed by atoms with Crippen LogP contribution in [0.1, 0.15) is 20.7 Å². The largest absolute Gasteiger partial charge is 0.480 e. The van der Waals surface area contributed by atoms with E-state index in [2.05, 4.69) is 9.97 Å². The fourth-order valence-electron chi connectivity index (χ4n) is 2.95. The zero-order valence-corrected chi connectivity index (χ0v) is 15.8. The quantitative estimate of drug-likeness (QED) is 0.501. The second-order valence-corrected chi connectivity index (χ2v) is 6.43. The number of pyridine rings is 2. The van der Waals surface area contributed by atoms with Gasteiger partial charge in [-0.2, -0.15) is 0 Å². The van der Waals surface area contributed by atoms with Crippen molar-refractivity contribution < 1.29 is 24.2 Å². The Morgan fingerprint density at radius 2 is 1.62 bits per heavy atom. The van der Waals surface area contributed by atoms with Crippen LogP contribution in [0.2, 0.25) is 5.02 Å². The number of aromatic carboxylic acids is 1. The summed E-state index contributed by atoms with van der Waals surface area (Å²) in [6, 6.07) is 15.4. The standard InChI is InChI=1S/C21H13ClN2O5/c1-28-18-13(10-11-6-2-4-8-14(11)23-18)21(27)29-19-16(20(25)26)17(22)12-7-3-5-9-15(12)24-19/h2-10H,1H3,(H,25,26). The van der Waals surface area contributed by atoms with Gasteiger partial charge in [-0.25, -0.2) is 19.6 Å². The van der Waals surface area contributed by atoms with Crippen LogP contribution in [-0.2, 0) is 0 Å². The summed E-state index contributed by atoms with van der Waals surface area (Å²) in [6.07, 6.45) is 0. The molecule has 0 bridgehead atoms. The molecule has 0 saturated carbocycles. The van der Waals surface area contributed by atoms with Crippen molar-refractivity contribution in [1.82, 2.24) is 9.97 Å². The molecule has 0 aliphatic rings. The minimum atomic E-state index is -1.36. The Morgan fingerprint density at radius 1 is 0.966 bits per heavy atom. The molecule has 144 valence electrons. The monoisotopic (exact) mass is 408 g/mol. The Balaban J connectivity index is 1.83. The first kappa shape index (κ1) is 18.6. The topological polar surface area (TPSA) is 98.6 Å². The number of carbonyl (C=O) groups excluding carboxylic acids is 1. The molecule has 7 nitrogen and oxygen atoms in total. The van der Waals surface area contributed by atoms with Crippen molar-refractivity contribution in [3.8, 4) is 11.8 Å². The van der Waals surface area contributed by atoms with Crippen molar-refractivity contribution in [2.75, 3.05) is 7.11 Å². The summed E-state index contributed by atoms with van der Waals surface area (Å²) in [5.74, 6) is -2.57. The number of hydrogen-bond acceptors (Lipinski definition) is 6. The summed E-state index contributed by atoms with van der Waals surface area (Å²) in [4.78, 5) is 33.1. The van der Waals surface area contributed by atoms with Crippen LogP contribution < -0.4 is 9.47 Å². The van der Waals surface area contributed by atoms with Crippen LogP contribution in [0.3, 0.4) is 0 Å². The summed E-state index contributed by atoms with van der Waals surface area (Å²) in [5, 5.41) is 10.7. The SMILES string of the molecule is COc1nc2ccccc2cc1C(=O)Oc1nc2ccccc2c(Cl)c1C(=O)O. The molecular formula is C21H13ClN2O5. The van der Waals surface area contributed by atoms with Crippen LogP contribution >= 0.6 is 11.6 Å². The van der Waals surface area contributed by atoms with Gasteiger partial charge in [0.25, 0.3) is 0 Å².